The highest BCUT2D eigenvalue weighted by Crippen LogP contribution is 2.34. The number of rotatable bonds is 1. The summed E-state index contributed by atoms with van der Waals surface area (Å²) in [6.07, 6.45) is 3.28. The Balaban J connectivity index is 1.89. The Morgan fingerprint density at radius 3 is 3.00 bits per heavy atom. The number of carbonyl (C=O) groups is 1. The van der Waals surface area contributed by atoms with E-state index in [0.29, 0.717) is 17.0 Å². The van der Waals surface area contributed by atoms with Crippen LogP contribution in [0.15, 0.2) is 58.5 Å². The number of nitrogens with zero attached hydrogens (tertiary/aromatic N) is 2. The van der Waals surface area contributed by atoms with Crippen molar-refractivity contribution in [1.82, 2.24) is 9.38 Å². The number of benzene rings is 1. The number of aromatic nitrogens is 2. The van der Waals surface area contributed by atoms with E-state index in [1.165, 1.54) is 16.2 Å². The maximum absolute atomic E-state index is 12.6. The predicted octanol–water partition coefficient (Wildman–Crippen LogP) is 2.41. The van der Waals surface area contributed by atoms with Gasteiger partial charge in [-0.25, -0.2) is 4.98 Å². The van der Waals surface area contributed by atoms with Crippen molar-refractivity contribution in [3.63, 3.8) is 0 Å². The molecule has 0 saturated heterocycles. The Labute approximate surface area is 130 Å². The first-order chi connectivity index (χ1) is 10.7. The second-order valence-corrected chi connectivity index (χ2v) is 5.97. The summed E-state index contributed by atoms with van der Waals surface area (Å²) < 4.78 is 1.52. The lowest BCUT2D eigenvalue weighted by Gasteiger charge is -2.17. The van der Waals surface area contributed by atoms with Crippen LogP contribution < -0.4 is 10.9 Å². The maximum Gasteiger partial charge on any atom is 0.265 e. The molecule has 0 fully saturated rings. The zero-order valence-corrected chi connectivity index (χ0v) is 12.3. The first-order valence-corrected chi connectivity index (χ1v) is 7.74. The van der Waals surface area contributed by atoms with Crippen LogP contribution in [0.3, 0.4) is 0 Å². The summed E-state index contributed by atoms with van der Waals surface area (Å²) >= 11 is 1.50. The molecule has 3 heterocycles. The molecule has 0 saturated carbocycles. The van der Waals surface area contributed by atoms with Gasteiger partial charge >= 0.3 is 0 Å². The molecule has 0 atom stereocenters. The van der Waals surface area contributed by atoms with Crippen molar-refractivity contribution < 1.29 is 4.79 Å². The van der Waals surface area contributed by atoms with Gasteiger partial charge in [0.1, 0.15) is 5.65 Å². The standard InChI is InChI=1S/C16H11N3O2S/c20-15-9-22-13-5-4-10(7-12(13)18-15)11-8-17-14-3-1-2-6-19(14)16(11)21/h1-8H,9H2,(H,18,20). The molecule has 22 heavy (non-hydrogen) atoms. The number of amides is 1. The summed E-state index contributed by atoms with van der Waals surface area (Å²) in [4.78, 5) is 29.4. The Hall–Kier alpha value is -2.60. The maximum atomic E-state index is 12.6. The minimum atomic E-state index is -0.125. The molecule has 0 spiro atoms. The summed E-state index contributed by atoms with van der Waals surface area (Å²) in [7, 11) is 0. The van der Waals surface area contributed by atoms with Crippen LogP contribution in [0.5, 0.6) is 0 Å². The summed E-state index contributed by atoms with van der Waals surface area (Å²) in [5.74, 6) is 0.398. The average Bonchev–Trinajstić information content (AvgIpc) is 2.55. The molecule has 0 unspecified atom stereocenters. The van der Waals surface area contributed by atoms with Gasteiger partial charge in [0.25, 0.3) is 5.56 Å². The molecule has 1 N–H and O–H groups in total. The van der Waals surface area contributed by atoms with Gasteiger partial charge in [-0.05, 0) is 29.8 Å². The summed E-state index contributed by atoms with van der Waals surface area (Å²) in [6, 6.07) is 11.1. The van der Waals surface area contributed by atoms with Crippen LogP contribution in [0.25, 0.3) is 16.8 Å². The van der Waals surface area contributed by atoms with Crippen LogP contribution in [-0.2, 0) is 4.79 Å². The lowest BCUT2D eigenvalue weighted by Crippen LogP contribution is -2.19. The van der Waals surface area contributed by atoms with Crippen molar-refractivity contribution >= 4 is 29.0 Å². The largest absolute Gasteiger partial charge is 0.324 e. The fourth-order valence-electron chi connectivity index (χ4n) is 2.48. The summed E-state index contributed by atoms with van der Waals surface area (Å²) in [5.41, 5.74) is 2.49. The Bertz CT molecular complexity index is 965. The summed E-state index contributed by atoms with van der Waals surface area (Å²) in [6.45, 7) is 0. The SMILES string of the molecule is O=C1CSc2ccc(-c3cnc4ccccn4c3=O)cc2N1. The van der Waals surface area contributed by atoms with Crippen molar-refractivity contribution in [3.05, 3.63) is 59.1 Å². The highest BCUT2D eigenvalue weighted by atomic mass is 32.2. The van der Waals surface area contributed by atoms with E-state index in [9.17, 15) is 9.59 Å². The third-order valence-corrected chi connectivity index (χ3v) is 4.61. The molecule has 0 aliphatic carbocycles. The number of anilines is 1. The topological polar surface area (TPSA) is 63.5 Å². The number of pyridine rings is 1. The molecule has 1 aliphatic heterocycles. The van der Waals surface area contributed by atoms with Crippen LogP contribution in [0.1, 0.15) is 0 Å². The molecular weight excluding hydrogens is 298 g/mol. The molecule has 1 amide bonds. The minimum absolute atomic E-state index is 0.0250. The van der Waals surface area contributed by atoms with Gasteiger partial charge in [-0.15, -0.1) is 11.8 Å². The second-order valence-electron chi connectivity index (χ2n) is 4.95. The van der Waals surface area contributed by atoms with Gasteiger partial charge in [0.15, 0.2) is 0 Å². The lowest BCUT2D eigenvalue weighted by molar-refractivity contribution is -0.113. The molecule has 3 aromatic rings. The van der Waals surface area contributed by atoms with Crippen molar-refractivity contribution in [2.45, 2.75) is 4.90 Å². The number of carbonyl (C=O) groups excluding carboxylic acids is 1. The molecule has 4 rings (SSSR count). The van der Waals surface area contributed by atoms with Gasteiger partial charge in [0, 0.05) is 17.3 Å². The normalized spacial score (nSPS) is 13.7. The van der Waals surface area contributed by atoms with Crippen LogP contribution in [0.2, 0.25) is 0 Å². The first kappa shape index (κ1) is 13.1. The molecule has 0 bridgehead atoms. The fourth-order valence-corrected chi connectivity index (χ4v) is 3.26. The molecule has 2 aromatic heterocycles. The number of fused-ring (bicyclic) bond motifs is 2. The van der Waals surface area contributed by atoms with Gasteiger partial charge < -0.3 is 5.32 Å². The van der Waals surface area contributed by atoms with Crippen LogP contribution in [0.4, 0.5) is 5.69 Å². The van der Waals surface area contributed by atoms with E-state index in [1.54, 1.807) is 24.5 Å². The monoisotopic (exact) mass is 309 g/mol. The molecule has 1 aliphatic rings. The number of hydrogen-bond donors (Lipinski definition) is 1. The second kappa shape index (κ2) is 4.99. The van der Waals surface area contributed by atoms with E-state index in [0.717, 1.165) is 16.1 Å². The van der Waals surface area contributed by atoms with Gasteiger partial charge in [-0.3, -0.25) is 14.0 Å². The van der Waals surface area contributed by atoms with E-state index in [-0.39, 0.29) is 11.5 Å². The van der Waals surface area contributed by atoms with Crippen LogP contribution in [0, 0.1) is 0 Å². The lowest BCUT2D eigenvalue weighted by atomic mass is 10.1. The fraction of sp³-hybridized carbons (Fsp3) is 0.0625. The van der Waals surface area contributed by atoms with E-state index >= 15 is 0 Å². The van der Waals surface area contributed by atoms with E-state index in [2.05, 4.69) is 10.3 Å². The highest BCUT2D eigenvalue weighted by molar-refractivity contribution is 8.00. The van der Waals surface area contributed by atoms with Gasteiger partial charge in [-0.2, -0.15) is 0 Å². The highest BCUT2D eigenvalue weighted by Gasteiger charge is 2.17. The minimum Gasteiger partial charge on any atom is -0.324 e. The summed E-state index contributed by atoms with van der Waals surface area (Å²) in [5, 5.41) is 2.84. The van der Waals surface area contributed by atoms with E-state index in [1.807, 2.05) is 24.3 Å². The first-order valence-electron chi connectivity index (χ1n) is 6.76. The molecule has 108 valence electrons. The molecule has 5 nitrogen and oxygen atoms in total. The van der Waals surface area contributed by atoms with Crippen molar-refractivity contribution in [3.8, 4) is 11.1 Å². The van der Waals surface area contributed by atoms with Gasteiger partial charge in [-0.1, -0.05) is 12.1 Å². The van der Waals surface area contributed by atoms with Crippen molar-refractivity contribution in [1.29, 1.82) is 0 Å². The van der Waals surface area contributed by atoms with Gasteiger partial charge in [0.05, 0.1) is 17.0 Å². The molecule has 6 heteroatoms. The molecular formula is C16H11N3O2S. The number of nitrogens with one attached hydrogen (secondary N) is 1. The van der Waals surface area contributed by atoms with Crippen molar-refractivity contribution in [2.24, 2.45) is 0 Å². The van der Waals surface area contributed by atoms with E-state index in [4.69, 9.17) is 0 Å². The van der Waals surface area contributed by atoms with Gasteiger partial charge in [0.2, 0.25) is 5.91 Å². The van der Waals surface area contributed by atoms with E-state index < -0.39 is 0 Å². The quantitative estimate of drug-likeness (QED) is 0.750. The van der Waals surface area contributed by atoms with Crippen molar-refractivity contribution in [2.75, 3.05) is 11.1 Å². The van der Waals surface area contributed by atoms with Crippen LogP contribution in [-0.4, -0.2) is 21.0 Å². The zero-order chi connectivity index (χ0) is 15.1. The van der Waals surface area contributed by atoms with Crippen LogP contribution >= 0.6 is 11.8 Å². The molecule has 1 aromatic carbocycles. The third kappa shape index (κ3) is 2.08. The Morgan fingerprint density at radius 1 is 1.18 bits per heavy atom. The number of thioether (sulfide) groups is 1. The zero-order valence-electron chi connectivity index (χ0n) is 11.4. The third-order valence-electron chi connectivity index (χ3n) is 3.54. The Morgan fingerprint density at radius 2 is 2.09 bits per heavy atom. The smallest absolute Gasteiger partial charge is 0.265 e. The Kier molecular flexibility index (Phi) is 2.97. The molecule has 0 radical (unpaired) electrons. The predicted molar refractivity (Wildman–Crippen MR) is 86.3 cm³/mol. The average molecular weight is 309 g/mol. The number of hydrogen-bond acceptors (Lipinski definition) is 4.